The zero-order chi connectivity index (χ0) is 20.5. The van der Waals surface area contributed by atoms with Gasteiger partial charge in [-0.05, 0) is 31.5 Å². The lowest BCUT2D eigenvalue weighted by atomic mass is 9.99. The third-order valence-corrected chi connectivity index (χ3v) is 4.50. The van der Waals surface area contributed by atoms with Crippen molar-refractivity contribution in [3.05, 3.63) is 23.8 Å². The fourth-order valence-corrected chi connectivity index (χ4v) is 2.82. The second-order valence-electron chi connectivity index (χ2n) is 4.99. The number of unbranched alkanes of at least 4 members (excludes halogenated alkanes) is 1. The molecule has 0 aliphatic rings. The number of nitrogens with two attached hydrogens (primary N) is 2. The molecule has 0 saturated heterocycles. The first-order valence-electron chi connectivity index (χ1n) is 7.11. The van der Waals surface area contributed by atoms with E-state index in [4.69, 9.17) is 31.0 Å². The van der Waals surface area contributed by atoms with Crippen LogP contribution in [0.3, 0.4) is 0 Å². The summed E-state index contributed by atoms with van der Waals surface area (Å²) in [4.78, 5) is 42.9. The van der Waals surface area contributed by atoms with Crippen molar-refractivity contribution >= 4 is 21.4 Å². The zero-order valence-corrected chi connectivity index (χ0v) is 15.3. The molecule has 150 valence electrons. The maximum Gasteiger partial charge on any atom is 0.478 e. The average molecular weight is 416 g/mol. The molecule has 0 aromatic heterocycles. The number of phosphoric acid groups is 2. The predicted octanol–water partition coefficient (Wildman–Crippen LogP) is -0.0748. The smallest absolute Gasteiger partial charge is 0.478 e. The van der Waals surface area contributed by atoms with Gasteiger partial charge >= 0.3 is 15.6 Å². The van der Waals surface area contributed by atoms with E-state index >= 15 is 0 Å². The highest BCUT2D eigenvalue weighted by Crippen LogP contribution is 2.53. The summed E-state index contributed by atoms with van der Waals surface area (Å²) in [5.74, 6) is -1.09. The first kappa shape index (κ1) is 24.7. The van der Waals surface area contributed by atoms with Gasteiger partial charge in [0.2, 0.25) is 0 Å². The third-order valence-electron chi connectivity index (χ3n) is 2.80. The number of rotatable bonds is 8. The minimum atomic E-state index is -5.05. The van der Waals surface area contributed by atoms with Crippen LogP contribution in [0, 0.1) is 0 Å². The van der Waals surface area contributed by atoms with Crippen molar-refractivity contribution in [1.29, 1.82) is 0 Å². The van der Waals surface area contributed by atoms with Crippen LogP contribution in [0.15, 0.2) is 18.2 Å². The highest BCUT2D eigenvalue weighted by atomic mass is 31.3. The molecule has 0 aliphatic heterocycles. The summed E-state index contributed by atoms with van der Waals surface area (Å²) in [5.41, 5.74) is 11.1. The maximum absolute atomic E-state index is 11.9. The van der Waals surface area contributed by atoms with E-state index in [-0.39, 0.29) is 17.1 Å². The number of carbonyl (C=O) groups excluding carboxylic acids is 1. The van der Waals surface area contributed by atoms with Gasteiger partial charge < -0.3 is 41.3 Å². The molecule has 0 fully saturated rings. The second kappa shape index (κ2) is 10.7. The Kier molecular flexibility index (Phi) is 10.2. The Labute approximate surface area is 148 Å². The lowest BCUT2D eigenvalue weighted by Crippen LogP contribution is -2.30. The molecular formula is C12H22N2O10P2. The molecule has 0 unspecified atom stereocenters. The largest absolute Gasteiger partial charge is 0.504 e. The molecule has 0 aliphatic carbocycles. The summed E-state index contributed by atoms with van der Waals surface area (Å²) in [7, 11) is -10.1. The van der Waals surface area contributed by atoms with Gasteiger partial charge in [0.05, 0.1) is 11.6 Å². The summed E-state index contributed by atoms with van der Waals surface area (Å²) in [6.45, 7) is 0.568. The van der Waals surface area contributed by atoms with Crippen LogP contribution in [-0.2, 0) is 13.4 Å². The van der Waals surface area contributed by atoms with Crippen LogP contribution < -0.4 is 11.5 Å². The van der Waals surface area contributed by atoms with Crippen molar-refractivity contribution in [2.75, 3.05) is 6.54 Å². The SMILES string of the molecule is NCCCC[C@H](N)C(=O)c1cccc(O)c1O.O=P(O)(O)OP(=O)(O)O. The van der Waals surface area contributed by atoms with Crippen molar-refractivity contribution in [1.82, 2.24) is 0 Å². The van der Waals surface area contributed by atoms with E-state index in [2.05, 4.69) is 4.31 Å². The molecule has 1 aromatic carbocycles. The number of hydrogen-bond acceptors (Lipinski definition) is 8. The highest BCUT2D eigenvalue weighted by molar-refractivity contribution is 7.60. The molecule has 0 bridgehead atoms. The molecule has 0 radical (unpaired) electrons. The van der Waals surface area contributed by atoms with Crippen molar-refractivity contribution < 1.29 is 48.0 Å². The molecule has 1 rings (SSSR count). The number of benzene rings is 1. The van der Waals surface area contributed by atoms with E-state index < -0.39 is 27.4 Å². The van der Waals surface area contributed by atoms with Gasteiger partial charge in [-0.25, -0.2) is 9.13 Å². The van der Waals surface area contributed by atoms with Gasteiger partial charge in [0, 0.05) is 0 Å². The molecule has 14 heteroatoms. The molecule has 12 nitrogen and oxygen atoms in total. The quantitative estimate of drug-likeness (QED) is 0.120. The van der Waals surface area contributed by atoms with Crippen molar-refractivity contribution in [3.8, 4) is 11.5 Å². The third kappa shape index (κ3) is 10.6. The van der Waals surface area contributed by atoms with Crippen LogP contribution in [0.2, 0.25) is 0 Å². The lowest BCUT2D eigenvalue weighted by molar-refractivity contribution is 0.0952. The second-order valence-corrected chi connectivity index (χ2v) is 7.61. The topological polar surface area (TPSA) is 234 Å². The lowest BCUT2D eigenvalue weighted by Gasteiger charge is -2.11. The van der Waals surface area contributed by atoms with E-state index in [1.165, 1.54) is 18.2 Å². The molecule has 26 heavy (non-hydrogen) atoms. The summed E-state index contributed by atoms with van der Waals surface area (Å²) in [5, 5.41) is 18.8. The predicted molar refractivity (Wildman–Crippen MR) is 90.2 cm³/mol. The Balaban J connectivity index is 0.000000590. The standard InChI is InChI=1S/C12H18N2O3.H4O7P2/c13-7-2-1-5-9(14)11(16)8-4-3-6-10(15)12(8)17;1-8(2,3)7-9(4,5)6/h3-4,6,9,15,17H,1-2,5,7,13-14H2;(H2,1,2,3)(H2,4,5,6)/t9-;/m0./s1. The average Bonchev–Trinajstić information content (AvgIpc) is 2.46. The first-order chi connectivity index (χ1) is 11.8. The van der Waals surface area contributed by atoms with Gasteiger partial charge in [-0.1, -0.05) is 12.5 Å². The van der Waals surface area contributed by atoms with Gasteiger partial charge in [0.15, 0.2) is 17.3 Å². The number of hydrogen-bond donors (Lipinski definition) is 8. The van der Waals surface area contributed by atoms with Gasteiger partial charge in [0.1, 0.15) is 0 Å². The Morgan fingerprint density at radius 3 is 2.04 bits per heavy atom. The van der Waals surface area contributed by atoms with E-state index in [1.54, 1.807) is 0 Å². The first-order valence-corrected chi connectivity index (χ1v) is 10.2. The van der Waals surface area contributed by atoms with Crippen LogP contribution in [0.25, 0.3) is 0 Å². The maximum atomic E-state index is 11.9. The number of phenols is 2. The molecule has 0 amide bonds. The van der Waals surface area contributed by atoms with E-state index in [0.29, 0.717) is 13.0 Å². The Morgan fingerprint density at radius 1 is 1.08 bits per heavy atom. The zero-order valence-electron chi connectivity index (χ0n) is 13.5. The monoisotopic (exact) mass is 416 g/mol. The van der Waals surface area contributed by atoms with Crippen LogP contribution >= 0.6 is 15.6 Å². The minimum Gasteiger partial charge on any atom is -0.504 e. The minimum absolute atomic E-state index is 0.0604. The van der Waals surface area contributed by atoms with Crippen LogP contribution in [-0.4, -0.2) is 48.2 Å². The van der Waals surface area contributed by atoms with Crippen LogP contribution in [0.1, 0.15) is 29.6 Å². The van der Waals surface area contributed by atoms with Gasteiger partial charge in [-0.3, -0.25) is 4.79 Å². The van der Waals surface area contributed by atoms with Crippen molar-refractivity contribution in [2.24, 2.45) is 11.5 Å². The van der Waals surface area contributed by atoms with Gasteiger partial charge in [-0.2, -0.15) is 4.31 Å². The van der Waals surface area contributed by atoms with Crippen molar-refractivity contribution in [3.63, 3.8) is 0 Å². The summed E-state index contributed by atoms with van der Waals surface area (Å²) < 4.78 is 22.2. The molecule has 0 spiro atoms. The van der Waals surface area contributed by atoms with Crippen molar-refractivity contribution in [2.45, 2.75) is 25.3 Å². The Bertz CT molecular complexity index is 667. The van der Waals surface area contributed by atoms with Crippen LogP contribution in [0.4, 0.5) is 0 Å². The normalized spacial score (nSPS) is 12.8. The fraction of sp³-hybridized carbons (Fsp3) is 0.417. The number of Topliss-reactive ketones (excluding diaryl/α,β-unsaturated/α-hetero) is 1. The number of aromatic hydroxyl groups is 2. The summed E-state index contributed by atoms with van der Waals surface area (Å²) in [6.07, 6.45) is 2.10. The van der Waals surface area contributed by atoms with Gasteiger partial charge in [-0.15, -0.1) is 0 Å². The summed E-state index contributed by atoms with van der Waals surface area (Å²) >= 11 is 0. The summed E-state index contributed by atoms with van der Waals surface area (Å²) in [6, 6.07) is 3.58. The molecule has 0 heterocycles. The molecule has 1 aromatic rings. The number of phenolic OH excluding ortho intramolecular Hbond substituents is 2. The van der Waals surface area contributed by atoms with E-state index in [9.17, 15) is 24.1 Å². The number of para-hydroxylation sites is 1. The number of ketones is 1. The molecular weight excluding hydrogens is 394 g/mol. The molecule has 0 saturated carbocycles. The van der Waals surface area contributed by atoms with Gasteiger partial charge in [0.25, 0.3) is 0 Å². The van der Waals surface area contributed by atoms with Crippen LogP contribution in [0.5, 0.6) is 11.5 Å². The molecule has 1 atom stereocenters. The fourth-order valence-electron chi connectivity index (χ4n) is 1.71. The Morgan fingerprint density at radius 2 is 1.62 bits per heavy atom. The highest BCUT2D eigenvalue weighted by Gasteiger charge is 2.28. The van der Waals surface area contributed by atoms with E-state index in [1.807, 2.05) is 0 Å². The Hall–Kier alpha value is -1.33. The number of carbonyl (C=O) groups is 1. The van der Waals surface area contributed by atoms with E-state index in [0.717, 1.165) is 12.8 Å². The molecule has 10 N–H and O–H groups in total.